The number of hydrogen-bond donors (Lipinski definition) is 1. The molecule has 0 aliphatic rings. The molecule has 0 bridgehead atoms. The van der Waals surface area contributed by atoms with Gasteiger partial charge in [-0.25, -0.2) is 13.4 Å². The quantitative estimate of drug-likeness (QED) is 0.395. The molecule has 182 valence electrons. The molecular formula is C24H30N4O5S. The maximum Gasteiger partial charge on any atom is 0.268 e. The van der Waals surface area contributed by atoms with Crippen molar-refractivity contribution < 1.29 is 22.7 Å². The van der Waals surface area contributed by atoms with Crippen LogP contribution in [0, 0.1) is 6.92 Å². The van der Waals surface area contributed by atoms with E-state index in [9.17, 15) is 13.2 Å². The van der Waals surface area contributed by atoms with Crippen molar-refractivity contribution in [3.8, 4) is 11.5 Å². The minimum atomic E-state index is -4.11. The Bertz CT molecular complexity index is 1180. The van der Waals surface area contributed by atoms with Crippen LogP contribution >= 0.6 is 0 Å². The van der Waals surface area contributed by atoms with E-state index in [2.05, 4.69) is 10.3 Å². The number of amides is 1. The van der Waals surface area contributed by atoms with E-state index >= 15 is 0 Å². The van der Waals surface area contributed by atoms with E-state index in [0.717, 1.165) is 9.87 Å². The van der Waals surface area contributed by atoms with Gasteiger partial charge >= 0.3 is 0 Å². The Hall–Kier alpha value is -3.53. The first kappa shape index (κ1) is 25.1. The molecule has 0 unspecified atom stereocenters. The van der Waals surface area contributed by atoms with Gasteiger partial charge in [-0.2, -0.15) is 0 Å². The maximum atomic E-state index is 13.7. The number of carbonyl (C=O) groups excluding carboxylic acids is 1. The fourth-order valence-electron chi connectivity index (χ4n) is 3.39. The third kappa shape index (κ3) is 6.28. The largest absolute Gasteiger partial charge is 0.495 e. The van der Waals surface area contributed by atoms with E-state index in [0.29, 0.717) is 37.6 Å². The normalized spacial score (nSPS) is 11.1. The van der Waals surface area contributed by atoms with Crippen molar-refractivity contribution >= 4 is 21.6 Å². The molecule has 1 aromatic heterocycles. The summed E-state index contributed by atoms with van der Waals surface area (Å²) in [5.74, 6) is 0.415. The fraction of sp³-hybridized carbons (Fsp3) is 0.333. The van der Waals surface area contributed by atoms with Crippen molar-refractivity contribution in [3.63, 3.8) is 0 Å². The van der Waals surface area contributed by atoms with Crippen LogP contribution < -0.4 is 19.1 Å². The van der Waals surface area contributed by atoms with Crippen molar-refractivity contribution in [2.45, 2.75) is 31.7 Å². The van der Waals surface area contributed by atoms with Gasteiger partial charge in [0.25, 0.3) is 10.0 Å². The molecule has 0 saturated heterocycles. The molecule has 0 aliphatic heterocycles. The predicted octanol–water partition coefficient (Wildman–Crippen LogP) is 3.00. The smallest absolute Gasteiger partial charge is 0.268 e. The van der Waals surface area contributed by atoms with Crippen LogP contribution in [0.3, 0.4) is 0 Å². The number of methoxy groups -OCH3 is 1. The van der Waals surface area contributed by atoms with Gasteiger partial charge in [-0.3, -0.25) is 9.10 Å². The summed E-state index contributed by atoms with van der Waals surface area (Å²) in [4.78, 5) is 16.7. The molecule has 9 nitrogen and oxygen atoms in total. The number of nitrogens with zero attached hydrogens (tertiary/aromatic N) is 3. The first-order chi connectivity index (χ1) is 16.3. The minimum Gasteiger partial charge on any atom is -0.495 e. The van der Waals surface area contributed by atoms with Crippen LogP contribution in [0.4, 0.5) is 5.69 Å². The zero-order valence-electron chi connectivity index (χ0n) is 19.6. The summed E-state index contributed by atoms with van der Waals surface area (Å²) in [6.07, 6.45) is 5.93. The molecule has 1 N–H and O–H groups in total. The van der Waals surface area contributed by atoms with Crippen LogP contribution in [0.1, 0.15) is 18.9 Å². The molecule has 1 heterocycles. The molecule has 10 heteroatoms. The van der Waals surface area contributed by atoms with E-state index in [1.54, 1.807) is 61.9 Å². The number of imidazole rings is 1. The lowest BCUT2D eigenvalue weighted by molar-refractivity contribution is -0.119. The number of benzene rings is 2. The van der Waals surface area contributed by atoms with Crippen molar-refractivity contribution in [1.82, 2.24) is 14.9 Å². The Morgan fingerprint density at radius 1 is 1.18 bits per heavy atom. The van der Waals surface area contributed by atoms with Gasteiger partial charge in [0.05, 0.1) is 25.7 Å². The number of anilines is 1. The maximum absolute atomic E-state index is 13.7. The highest BCUT2D eigenvalue weighted by Gasteiger charge is 2.30. The Morgan fingerprint density at radius 2 is 1.94 bits per heavy atom. The van der Waals surface area contributed by atoms with Gasteiger partial charge in [-0.15, -0.1) is 0 Å². The molecule has 2 aromatic carbocycles. The summed E-state index contributed by atoms with van der Waals surface area (Å²) >= 11 is 0. The lowest BCUT2D eigenvalue weighted by atomic mass is 10.2. The van der Waals surface area contributed by atoms with Crippen molar-refractivity contribution in [2.24, 2.45) is 0 Å². The number of nitrogens with one attached hydrogen (secondary N) is 1. The van der Waals surface area contributed by atoms with Crippen LogP contribution in [0.5, 0.6) is 11.5 Å². The van der Waals surface area contributed by atoms with Crippen molar-refractivity contribution in [2.75, 3.05) is 31.1 Å². The molecular weight excluding hydrogens is 456 g/mol. The van der Waals surface area contributed by atoms with Crippen molar-refractivity contribution in [3.05, 3.63) is 66.7 Å². The van der Waals surface area contributed by atoms with Crippen LogP contribution in [0.25, 0.3) is 0 Å². The highest BCUT2D eigenvalue weighted by molar-refractivity contribution is 7.93. The number of sulfonamides is 1. The van der Waals surface area contributed by atoms with Crippen LogP contribution in [-0.2, 0) is 21.4 Å². The number of ether oxygens (including phenoxy) is 2. The van der Waals surface area contributed by atoms with Crippen molar-refractivity contribution in [1.29, 1.82) is 0 Å². The molecule has 1 amide bonds. The number of aromatic nitrogens is 2. The summed E-state index contributed by atoms with van der Waals surface area (Å²) in [5, 5.41) is 2.81. The van der Waals surface area contributed by atoms with Crippen LogP contribution in [-0.4, -0.2) is 50.7 Å². The molecule has 0 atom stereocenters. The second kappa shape index (κ2) is 11.6. The lowest BCUT2D eigenvalue weighted by Crippen LogP contribution is -2.41. The van der Waals surface area contributed by atoms with Gasteiger partial charge in [0.2, 0.25) is 5.91 Å². The number of carbonyl (C=O) groups is 1. The predicted molar refractivity (Wildman–Crippen MR) is 130 cm³/mol. The average molecular weight is 487 g/mol. The van der Waals surface area contributed by atoms with Gasteiger partial charge in [0.15, 0.2) is 0 Å². The van der Waals surface area contributed by atoms with E-state index in [-0.39, 0.29) is 17.2 Å². The molecule has 0 aliphatic carbocycles. The summed E-state index contributed by atoms with van der Waals surface area (Å²) in [6.45, 7) is 4.88. The summed E-state index contributed by atoms with van der Waals surface area (Å²) in [7, 11) is -2.70. The average Bonchev–Trinajstić information content (AvgIpc) is 3.35. The highest BCUT2D eigenvalue weighted by atomic mass is 32.2. The fourth-order valence-corrected chi connectivity index (χ4v) is 5.05. The topological polar surface area (TPSA) is 103 Å². The Labute approximate surface area is 200 Å². The zero-order chi connectivity index (χ0) is 24.6. The van der Waals surface area contributed by atoms with Gasteiger partial charge in [0, 0.05) is 25.5 Å². The van der Waals surface area contributed by atoms with E-state index in [1.165, 1.54) is 7.11 Å². The van der Waals surface area contributed by atoms with E-state index in [1.807, 2.05) is 17.7 Å². The summed E-state index contributed by atoms with van der Waals surface area (Å²) < 4.78 is 41.2. The minimum absolute atomic E-state index is 0.00297. The molecule has 0 saturated carbocycles. The monoisotopic (exact) mass is 486 g/mol. The molecule has 3 aromatic rings. The summed E-state index contributed by atoms with van der Waals surface area (Å²) in [5.41, 5.74) is 1.11. The second-order valence-corrected chi connectivity index (χ2v) is 9.43. The van der Waals surface area contributed by atoms with Gasteiger partial charge in [-0.05, 0) is 62.2 Å². The number of rotatable bonds is 12. The Kier molecular flexibility index (Phi) is 8.53. The number of hydrogen-bond acceptors (Lipinski definition) is 6. The number of aryl methyl sites for hydroxylation is 2. The molecule has 0 radical (unpaired) electrons. The lowest BCUT2D eigenvalue weighted by Gasteiger charge is -2.25. The molecule has 3 rings (SSSR count). The summed E-state index contributed by atoms with van der Waals surface area (Å²) in [6, 6.07) is 11.5. The second-order valence-electron chi connectivity index (χ2n) is 7.60. The molecule has 34 heavy (non-hydrogen) atoms. The molecule has 0 spiro atoms. The van der Waals surface area contributed by atoms with Gasteiger partial charge in [-0.1, -0.05) is 6.07 Å². The van der Waals surface area contributed by atoms with Crippen LogP contribution in [0.2, 0.25) is 0 Å². The van der Waals surface area contributed by atoms with E-state index in [4.69, 9.17) is 9.47 Å². The van der Waals surface area contributed by atoms with Crippen LogP contribution in [0.15, 0.2) is 66.1 Å². The molecule has 0 fully saturated rings. The first-order valence-electron chi connectivity index (χ1n) is 11.0. The Balaban J connectivity index is 1.83. The van der Waals surface area contributed by atoms with E-state index < -0.39 is 15.9 Å². The zero-order valence-corrected chi connectivity index (χ0v) is 20.4. The third-order valence-electron chi connectivity index (χ3n) is 5.08. The third-order valence-corrected chi connectivity index (χ3v) is 6.88. The first-order valence-corrected chi connectivity index (χ1v) is 12.4. The Morgan fingerprint density at radius 3 is 2.59 bits per heavy atom. The van der Waals surface area contributed by atoms with Gasteiger partial charge in [0.1, 0.15) is 22.9 Å². The SMILES string of the molecule is CCOc1ccc(N(CC(=O)NCCCn2ccnc2)S(=O)(=O)c2cc(C)ccc2OC)cc1. The standard InChI is InChI=1S/C24H30N4O5S/c1-4-33-21-9-7-20(8-10-21)28(17-24(29)26-12-5-14-27-15-13-25-18-27)34(30,31)23-16-19(2)6-11-22(23)32-3/h6-11,13,15-16,18H,4-5,12,14,17H2,1-3H3,(H,26,29). The van der Waals surface area contributed by atoms with Gasteiger partial charge < -0.3 is 19.4 Å². The highest BCUT2D eigenvalue weighted by Crippen LogP contribution is 2.31.